The van der Waals surface area contributed by atoms with Gasteiger partial charge in [-0.25, -0.2) is 14.2 Å². The minimum Gasteiger partial charge on any atom is -0.481 e. The molecule has 3 aliphatic heterocycles. The Morgan fingerprint density at radius 2 is 2.24 bits per heavy atom. The third-order valence-electron chi connectivity index (χ3n) is 8.23. The molecule has 1 aliphatic carbocycles. The van der Waals surface area contributed by atoms with Crippen LogP contribution in [0.15, 0.2) is 46.0 Å². The second kappa shape index (κ2) is 9.71. The predicted octanol–water partition coefficient (Wildman–Crippen LogP) is 3.41. The van der Waals surface area contributed by atoms with Crippen molar-refractivity contribution in [3.63, 3.8) is 0 Å². The molecular formula is C26H26ClFN4O5S. The molecule has 2 N–H and O–H groups in total. The lowest BCUT2D eigenvalue weighted by Gasteiger charge is -2.57. The van der Waals surface area contributed by atoms with Crippen molar-refractivity contribution >= 4 is 40.7 Å². The molecule has 4 unspecified atom stereocenters. The topological polar surface area (TPSA) is 113 Å². The van der Waals surface area contributed by atoms with Gasteiger partial charge in [-0.05, 0) is 30.9 Å². The summed E-state index contributed by atoms with van der Waals surface area (Å²) in [6, 6.07) is 3.45. The van der Waals surface area contributed by atoms with Crippen LogP contribution in [0.2, 0.25) is 5.02 Å². The number of nitrogens with one attached hydrogen (secondary N) is 1. The van der Waals surface area contributed by atoms with Crippen molar-refractivity contribution in [3.8, 4) is 0 Å². The highest BCUT2D eigenvalue weighted by molar-refractivity contribution is 7.11. The number of carboxylic acids is 1. The number of ether oxygens (including phenoxy) is 2. The number of aliphatic carboxylic acids is 1. The molecule has 12 heteroatoms. The van der Waals surface area contributed by atoms with Gasteiger partial charge in [0.2, 0.25) is 0 Å². The molecule has 1 aromatic heterocycles. The Morgan fingerprint density at radius 1 is 1.39 bits per heavy atom. The van der Waals surface area contributed by atoms with Gasteiger partial charge in [-0.15, -0.1) is 11.3 Å². The molecule has 38 heavy (non-hydrogen) atoms. The number of hydrogen-bond donors (Lipinski definition) is 2. The van der Waals surface area contributed by atoms with Crippen LogP contribution < -0.4 is 5.32 Å². The van der Waals surface area contributed by atoms with E-state index in [1.165, 1.54) is 36.6 Å². The number of aromatic nitrogens is 1. The van der Waals surface area contributed by atoms with Gasteiger partial charge in [-0.3, -0.25) is 14.7 Å². The lowest BCUT2D eigenvalue weighted by molar-refractivity contribution is -0.138. The zero-order chi connectivity index (χ0) is 26.6. The lowest BCUT2D eigenvalue weighted by atomic mass is 9.68. The zero-order valence-corrected chi connectivity index (χ0v) is 22.1. The van der Waals surface area contributed by atoms with Crippen molar-refractivity contribution in [2.75, 3.05) is 26.9 Å². The molecule has 0 bridgehead atoms. The first-order valence-corrected chi connectivity index (χ1v) is 13.6. The Kier molecular flexibility index (Phi) is 6.50. The average molecular weight is 561 g/mol. The van der Waals surface area contributed by atoms with Crippen LogP contribution in [0.25, 0.3) is 0 Å². The summed E-state index contributed by atoms with van der Waals surface area (Å²) in [6.07, 6.45) is 3.39. The Bertz CT molecular complexity index is 1350. The average Bonchev–Trinajstić information content (AvgIpc) is 3.61. The first-order valence-electron chi connectivity index (χ1n) is 12.4. The second-order valence-electron chi connectivity index (χ2n) is 10.2. The minimum atomic E-state index is -0.833. The van der Waals surface area contributed by atoms with Crippen LogP contribution in [-0.2, 0) is 19.1 Å². The maximum Gasteiger partial charge on any atom is 0.338 e. The van der Waals surface area contributed by atoms with Crippen molar-refractivity contribution in [1.29, 1.82) is 0 Å². The van der Waals surface area contributed by atoms with E-state index in [0.717, 1.165) is 12.8 Å². The molecule has 1 saturated carbocycles. The molecule has 0 radical (unpaired) electrons. The fourth-order valence-corrected chi connectivity index (χ4v) is 7.60. The number of aliphatic imine (C=N–C) groups is 1. The molecule has 9 nitrogen and oxygen atoms in total. The van der Waals surface area contributed by atoms with Gasteiger partial charge in [-0.1, -0.05) is 17.7 Å². The highest BCUT2D eigenvalue weighted by Gasteiger charge is 2.67. The van der Waals surface area contributed by atoms with Gasteiger partial charge in [0.25, 0.3) is 0 Å². The molecule has 6 rings (SSSR count). The number of nitrogens with zero attached hydrogens (tertiary/aromatic N) is 3. The van der Waals surface area contributed by atoms with Crippen LogP contribution in [0, 0.1) is 17.2 Å². The molecular weight excluding hydrogens is 535 g/mol. The lowest BCUT2D eigenvalue weighted by Crippen LogP contribution is -2.69. The van der Waals surface area contributed by atoms with Crippen molar-refractivity contribution in [2.45, 2.75) is 37.4 Å². The maximum atomic E-state index is 13.9. The van der Waals surface area contributed by atoms with E-state index in [1.807, 2.05) is 5.38 Å². The molecule has 4 heterocycles. The minimum absolute atomic E-state index is 0.0628. The summed E-state index contributed by atoms with van der Waals surface area (Å²) in [5, 5.41) is 15.3. The number of methoxy groups -OCH3 is 1. The fourth-order valence-electron chi connectivity index (χ4n) is 6.74. The molecule has 200 valence electrons. The van der Waals surface area contributed by atoms with Gasteiger partial charge >= 0.3 is 11.9 Å². The zero-order valence-electron chi connectivity index (χ0n) is 20.5. The van der Waals surface area contributed by atoms with Crippen molar-refractivity contribution < 1.29 is 28.6 Å². The highest BCUT2D eigenvalue weighted by Crippen LogP contribution is 2.60. The van der Waals surface area contributed by atoms with Gasteiger partial charge in [0.1, 0.15) is 11.9 Å². The molecule has 3 fully saturated rings. The van der Waals surface area contributed by atoms with Crippen LogP contribution >= 0.6 is 22.9 Å². The van der Waals surface area contributed by atoms with Gasteiger partial charge < -0.3 is 19.9 Å². The number of rotatable bonds is 7. The van der Waals surface area contributed by atoms with Gasteiger partial charge in [0, 0.05) is 58.3 Å². The molecule has 0 amide bonds. The van der Waals surface area contributed by atoms with Crippen molar-refractivity contribution in [1.82, 2.24) is 15.2 Å². The summed E-state index contributed by atoms with van der Waals surface area (Å²) in [4.78, 5) is 36.1. The van der Waals surface area contributed by atoms with Crippen molar-refractivity contribution in [3.05, 3.63) is 62.5 Å². The number of likely N-dealkylation sites (tertiary alicyclic amines) is 1. The number of hydrogen-bond acceptors (Lipinski definition) is 9. The quantitative estimate of drug-likeness (QED) is 0.495. The van der Waals surface area contributed by atoms with E-state index in [-0.39, 0.29) is 40.4 Å². The third-order valence-corrected chi connectivity index (χ3v) is 9.33. The third kappa shape index (κ3) is 4.12. The standard InChI is InChI=1S/C26H26ClFN4O5S/c1-36-25(35)21-17(10-32-18-6-13(7-20(33)34)9-26(18)12-37-11-19(26)32)30-23(24-29-4-5-38-24)31-22(21)15-3-2-14(28)8-16(15)27/h2-5,8,13,18-19,22H,6-7,9-12H2,1H3,(H,30,31)(H,33,34)/t13?,18?,19?,22-,26?/m0/s1. The van der Waals surface area contributed by atoms with Crippen LogP contribution in [0.4, 0.5) is 4.39 Å². The fraction of sp³-hybridized carbons (Fsp3) is 0.462. The summed E-state index contributed by atoms with van der Waals surface area (Å²) in [6.45, 7) is 1.55. The van der Waals surface area contributed by atoms with Crippen molar-refractivity contribution in [2.24, 2.45) is 16.3 Å². The maximum absolute atomic E-state index is 13.9. The van der Waals surface area contributed by atoms with Gasteiger partial charge in [-0.2, -0.15) is 0 Å². The Balaban J connectivity index is 1.39. The second-order valence-corrected chi connectivity index (χ2v) is 11.5. The van der Waals surface area contributed by atoms with Crippen LogP contribution in [-0.4, -0.2) is 71.7 Å². The van der Waals surface area contributed by atoms with Crippen LogP contribution in [0.1, 0.15) is 35.9 Å². The molecule has 5 atom stereocenters. The van der Waals surface area contributed by atoms with Gasteiger partial charge in [0.15, 0.2) is 10.8 Å². The number of carbonyl (C=O) groups is 2. The molecule has 4 aliphatic rings. The predicted molar refractivity (Wildman–Crippen MR) is 137 cm³/mol. The smallest absolute Gasteiger partial charge is 0.338 e. The van der Waals surface area contributed by atoms with E-state index >= 15 is 0 Å². The Labute approximate surface area is 227 Å². The number of halogens is 2. The largest absolute Gasteiger partial charge is 0.481 e. The molecule has 2 saturated heterocycles. The number of benzene rings is 1. The van der Waals surface area contributed by atoms with E-state index in [9.17, 15) is 19.1 Å². The monoisotopic (exact) mass is 560 g/mol. The number of esters is 1. The number of carbonyl (C=O) groups excluding carboxylic acids is 1. The number of carboxylic acid groups (broad SMARTS) is 1. The molecule has 1 aromatic carbocycles. The first kappa shape index (κ1) is 25.4. The number of amidine groups is 1. The van der Waals surface area contributed by atoms with E-state index in [4.69, 9.17) is 26.1 Å². The van der Waals surface area contributed by atoms with Crippen LogP contribution in [0.3, 0.4) is 0 Å². The van der Waals surface area contributed by atoms with Crippen LogP contribution in [0.5, 0.6) is 0 Å². The summed E-state index contributed by atoms with van der Waals surface area (Å²) in [5.41, 5.74) is 1.31. The summed E-state index contributed by atoms with van der Waals surface area (Å²) in [7, 11) is 1.31. The summed E-state index contributed by atoms with van der Waals surface area (Å²) in [5.74, 6) is -1.28. The van der Waals surface area contributed by atoms with E-state index in [0.29, 0.717) is 41.9 Å². The number of thiazole rings is 1. The van der Waals surface area contributed by atoms with E-state index in [2.05, 4.69) is 15.2 Å². The summed E-state index contributed by atoms with van der Waals surface area (Å²) >= 11 is 7.85. The van der Waals surface area contributed by atoms with E-state index < -0.39 is 23.8 Å². The normalized spacial score (nSPS) is 30.2. The Morgan fingerprint density at radius 3 is 2.95 bits per heavy atom. The highest BCUT2D eigenvalue weighted by atomic mass is 35.5. The van der Waals surface area contributed by atoms with E-state index in [1.54, 1.807) is 6.20 Å². The SMILES string of the molecule is COC(=O)C1=C(CN2C3COCC34CC(CC(=O)O)CC24)NC(c2nccs2)=N[C@H]1c1ccc(F)cc1Cl. The first-order chi connectivity index (χ1) is 18.3. The molecule has 1 spiro atoms. The summed E-state index contributed by atoms with van der Waals surface area (Å²) < 4.78 is 25.0. The molecule has 2 aromatic rings. The van der Waals surface area contributed by atoms with Gasteiger partial charge in [0.05, 0.1) is 25.9 Å². The Hall–Kier alpha value is -2.86.